The van der Waals surface area contributed by atoms with Gasteiger partial charge in [0.1, 0.15) is 17.6 Å². The highest BCUT2D eigenvalue weighted by atomic mass is 16.5. The van der Waals surface area contributed by atoms with Crippen molar-refractivity contribution >= 4 is 5.96 Å². The van der Waals surface area contributed by atoms with Gasteiger partial charge < -0.3 is 29.9 Å². The SMILES string of the molecule is CCOc1cc2c(cc1CNC(=NC)NCC(C)CN1CCN(CC)CC1)OC(C)C2. The molecule has 1 aromatic rings. The first kappa shape index (κ1) is 23.7. The molecule has 3 rings (SSSR count). The predicted molar refractivity (Wildman–Crippen MR) is 127 cm³/mol. The number of nitrogens with one attached hydrogen (secondary N) is 2. The van der Waals surface area contributed by atoms with E-state index < -0.39 is 0 Å². The summed E-state index contributed by atoms with van der Waals surface area (Å²) in [6, 6.07) is 4.25. The minimum Gasteiger partial charge on any atom is -0.494 e. The van der Waals surface area contributed by atoms with Crippen LogP contribution in [0.4, 0.5) is 0 Å². The summed E-state index contributed by atoms with van der Waals surface area (Å²) in [5, 5.41) is 6.93. The van der Waals surface area contributed by atoms with Gasteiger partial charge >= 0.3 is 0 Å². The third-order valence-corrected chi connectivity index (χ3v) is 6.15. The molecule has 0 aliphatic carbocycles. The zero-order chi connectivity index (χ0) is 22.2. The Morgan fingerprint density at radius 2 is 1.94 bits per heavy atom. The van der Waals surface area contributed by atoms with Gasteiger partial charge in [0.15, 0.2) is 5.96 Å². The molecule has 7 heteroatoms. The molecular formula is C24H41N5O2. The standard InChI is InChI=1S/C24H41N5O2/c1-6-28-8-10-29(11-9-28)17-18(3)15-26-24(25-5)27-16-21-14-23-20(12-19(4)31-23)13-22(21)30-7-2/h13-14,18-19H,6-12,15-17H2,1-5H3,(H2,25,26,27). The average Bonchev–Trinajstić information content (AvgIpc) is 3.13. The number of ether oxygens (including phenoxy) is 2. The summed E-state index contributed by atoms with van der Waals surface area (Å²) in [5.41, 5.74) is 2.33. The number of guanidine groups is 1. The minimum absolute atomic E-state index is 0.230. The van der Waals surface area contributed by atoms with Crippen LogP contribution in [-0.2, 0) is 13.0 Å². The van der Waals surface area contributed by atoms with E-state index in [9.17, 15) is 0 Å². The Balaban J connectivity index is 1.48. The minimum atomic E-state index is 0.230. The molecule has 0 saturated carbocycles. The van der Waals surface area contributed by atoms with Crippen molar-refractivity contribution in [2.24, 2.45) is 10.9 Å². The summed E-state index contributed by atoms with van der Waals surface area (Å²) in [4.78, 5) is 9.50. The van der Waals surface area contributed by atoms with Crippen molar-refractivity contribution in [3.63, 3.8) is 0 Å². The van der Waals surface area contributed by atoms with Crippen molar-refractivity contribution in [3.8, 4) is 11.5 Å². The molecule has 31 heavy (non-hydrogen) atoms. The van der Waals surface area contributed by atoms with Gasteiger partial charge in [-0.3, -0.25) is 4.99 Å². The highest BCUT2D eigenvalue weighted by Gasteiger charge is 2.22. The molecule has 174 valence electrons. The summed E-state index contributed by atoms with van der Waals surface area (Å²) in [5.74, 6) is 3.29. The van der Waals surface area contributed by atoms with E-state index in [1.807, 2.05) is 14.0 Å². The van der Waals surface area contributed by atoms with Crippen LogP contribution < -0.4 is 20.1 Å². The molecule has 0 amide bonds. The molecule has 2 aliphatic heterocycles. The van der Waals surface area contributed by atoms with Crippen LogP contribution >= 0.6 is 0 Å². The summed E-state index contributed by atoms with van der Waals surface area (Å²) in [6.07, 6.45) is 1.17. The molecule has 1 fully saturated rings. The van der Waals surface area contributed by atoms with E-state index in [-0.39, 0.29) is 6.10 Å². The molecule has 7 nitrogen and oxygen atoms in total. The van der Waals surface area contributed by atoms with Crippen molar-refractivity contribution in [3.05, 3.63) is 23.3 Å². The number of likely N-dealkylation sites (N-methyl/N-ethyl adjacent to an activating group) is 1. The number of rotatable bonds is 9. The van der Waals surface area contributed by atoms with Crippen molar-refractivity contribution in [2.75, 3.05) is 59.5 Å². The lowest BCUT2D eigenvalue weighted by Crippen LogP contribution is -2.48. The first-order chi connectivity index (χ1) is 15.0. The fourth-order valence-corrected chi connectivity index (χ4v) is 4.37. The van der Waals surface area contributed by atoms with Crippen LogP contribution in [0.1, 0.15) is 38.8 Å². The molecule has 1 aromatic carbocycles. The van der Waals surface area contributed by atoms with Crippen molar-refractivity contribution in [1.29, 1.82) is 0 Å². The van der Waals surface area contributed by atoms with Crippen LogP contribution in [0.2, 0.25) is 0 Å². The van der Waals surface area contributed by atoms with Gasteiger partial charge in [-0.05, 0) is 38.4 Å². The Labute approximate surface area is 188 Å². The van der Waals surface area contributed by atoms with E-state index in [1.165, 1.54) is 31.7 Å². The highest BCUT2D eigenvalue weighted by Crippen LogP contribution is 2.35. The second-order valence-corrected chi connectivity index (χ2v) is 8.78. The van der Waals surface area contributed by atoms with E-state index in [1.54, 1.807) is 0 Å². The normalized spacial score (nSPS) is 20.8. The van der Waals surface area contributed by atoms with Crippen molar-refractivity contribution in [1.82, 2.24) is 20.4 Å². The van der Waals surface area contributed by atoms with E-state index in [4.69, 9.17) is 9.47 Å². The van der Waals surface area contributed by atoms with Crippen LogP contribution in [0.15, 0.2) is 17.1 Å². The Morgan fingerprint density at radius 1 is 1.19 bits per heavy atom. The molecule has 0 radical (unpaired) electrons. The zero-order valence-electron chi connectivity index (χ0n) is 20.0. The lowest BCUT2D eigenvalue weighted by molar-refractivity contribution is 0.124. The molecule has 2 heterocycles. The number of fused-ring (bicyclic) bond motifs is 1. The maximum absolute atomic E-state index is 5.94. The molecule has 0 spiro atoms. The molecule has 0 bridgehead atoms. The van der Waals surface area contributed by atoms with Gasteiger partial charge in [-0.25, -0.2) is 0 Å². The molecule has 2 atom stereocenters. The number of benzene rings is 1. The van der Waals surface area contributed by atoms with Gasteiger partial charge in [0, 0.05) is 70.4 Å². The third kappa shape index (κ3) is 6.74. The number of hydrogen-bond donors (Lipinski definition) is 2. The highest BCUT2D eigenvalue weighted by molar-refractivity contribution is 5.79. The van der Waals surface area contributed by atoms with Crippen LogP contribution in [0.25, 0.3) is 0 Å². The third-order valence-electron chi connectivity index (χ3n) is 6.15. The largest absolute Gasteiger partial charge is 0.494 e. The fraction of sp³-hybridized carbons (Fsp3) is 0.708. The summed E-state index contributed by atoms with van der Waals surface area (Å²) in [6.45, 7) is 17.9. The van der Waals surface area contributed by atoms with Crippen LogP contribution in [-0.4, -0.2) is 81.3 Å². The first-order valence-corrected chi connectivity index (χ1v) is 11.9. The molecule has 2 N–H and O–H groups in total. The lowest BCUT2D eigenvalue weighted by Gasteiger charge is -2.35. The topological polar surface area (TPSA) is 61.4 Å². The summed E-state index contributed by atoms with van der Waals surface area (Å²) >= 11 is 0. The molecule has 1 saturated heterocycles. The second-order valence-electron chi connectivity index (χ2n) is 8.78. The number of nitrogens with zero attached hydrogens (tertiary/aromatic N) is 3. The molecule has 0 aromatic heterocycles. The van der Waals surface area contributed by atoms with Crippen molar-refractivity contribution < 1.29 is 9.47 Å². The van der Waals surface area contributed by atoms with Crippen LogP contribution in [0, 0.1) is 5.92 Å². The van der Waals surface area contributed by atoms with E-state index in [0.29, 0.717) is 19.1 Å². The van der Waals surface area contributed by atoms with Gasteiger partial charge in [-0.2, -0.15) is 0 Å². The predicted octanol–water partition coefficient (Wildman–Crippen LogP) is 2.35. The van der Waals surface area contributed by atoms with E-state index in [0.717, 1.165) is 49.1 Å². The summed E-state index contributed by atoms with van der Waals surface area (Å²) in [7, 11) is 1.82. The van der Waals surface area contributed by atoms with Crippen LogP contribution in [0.3, 0.4) is 0 Å². The maximum Gasteiger partial charge on any atom is 0.191 e. The molecule has 2 unspecified atom stereocenters. The Hall–Kier alpha value is -1.99. The smallest absolute Gasteiger partial charge is 0.191 e. The number of hydrogen-bond acceptors (Lipinski definition) is 5. The first-order valence-electron chi connectivity index (χ1n) is 11.9. The van der Waals surface area contributed by atoms with Gasteiger partial charge in [0.25, 0.3) is 0 Å². The Bertz CT molecular complexity index is 731. The van der Waals surface area contributed by atoms with Gasteiger partial charge in [0.2, 0.25) is 0 Å². The quantitative estimate of drug-likeness (QED) is 0.462. The van der Waals surface area contributed by atoms with Crippen molar-refractivity contribution in [2.45, 2.75) is 46.8 Å². The fourth-order valence-electron chi connectivity index (χ4n) is 4.37. The summed E-state index contributed by atoms with van der Waals surface area (Å²) < 4.78 is 11.8. The lowest BCUT2D eigenvalue weighted by atomic mass is 10.1. The van der Waals surface area contributed by atoms with Gasteiger partial charge in [-0.1, -0.05) is 13.8 Å². The number of aliphatic imine (C=N–C) groups is 1. The van der Waals surface area contributed by atoms with Gasteiger partial charge in [-0.15, -0.1) is 0 Å². The van der Waals surface area contributed by atoms with Gasteiger partial charge in [0.05, 0.1) is 6.61 Å². The Kier molecular flexibility index (Phi) is 8.84. The van der Waals surface area contributed by atoms with E-state index in [2.05, 4.69) is 58.3 Å². The second kappa shape index (κ2) is 11.6. The maximum atomic E-state index is 5.94. The zero-order valence-corrected chi connectivity index (χ0v) is 20.0. The molecular weight excluding hydrogens is 390 g/mol. The molecule has 2 aliphatic rings. The number of piperazine rings is 1. The average molecular weight is 432 g/mol. The van der Waals surface area contributed by atoms with E-state index >= 15 is 0 Å². The monoisotopic (exact) mass is 431 g/mol. The van der Waals surface area contributed by atoms with Crippen LogP contribution in [0.5, 0.6) is 11.5 Å². The Morgan fingerprint density at radius 3 is 2.61 bits per heavy atom.